The molecule has 5 nitrogen and oxygen atoms in total. The first-order chi connectivity index (χ1) is 11.6. The zero-order chi connectivity index (χ0) is 17.0. The zero-order valence-electron chi connectivity index (χ0n) is 13.5. The van der Waals surface area contributed by atoms with Crippen LogP contribution in [0.15, 0.2) is 58.5 Å². The van der Waals surface area contributed by atoms with Crippen LogP contribution < -0.4 is 9.57 Å². The van der Waals surface area contributed by atoms with Gasteiger partial charge in [-0.3, -0.25) is 0 Å². The molecule has 0 heterocycles. The predicted molar refractivity (Wildman–Crippen MR) is 93.8 cm³/mol. The molecule has 0 radical (unpaired) electrons. The van der Waals surface area contributed by atoms with Crippen molar-refractivity contribution in [1.29, 1.82) is 0 Å². The smallest absolute Gasteiger partial charge is 0.276 e. The van der Waals surface area contributed by atoms with Gasteiger partial charge < -0.3 is 4.74 Å². The number of nitrogens with zero attached hydrogens (tertiary/aromatic N) is 1. The van der Waals surface area contributed by atoms with E-state index >= 15 is 0 Å². The van der Waals surface area contributed by atoms with E-state index < -0.39 is 10.0 Å². The van der Waals surface area contributed by atoms with E-state index in [1.54, 1.807) is 12.1 Å². The number of hydrogen-bond donors (Lipinski definition) is 1. The molecule has 126 valence electrons. The average Bonchev–Trinajstić information content (AvgIpc) is 2.61. The van der Waals surface area contributed by atoms with Crippen molar-refractivity contribution < 1.29 is 13.2 Å². The number of nitrogens with one attached hydrogen (secondary N) is 1. The van der Waals surface area contributed by atoms with Crippen LogP contribution in [0, 0.1) is 0 Å². The van der Waals surface area contributed by atoms with Crippen molar-refractivity contribution in [2.75, 3.05) is 6.61 Å². The lowest BCUT2D eigenvalue weighted by molar-refractivity contribution is 0.340. The Balaban J connectivity index is 1.80. The van der Waals surface area contributed by atoms with Gasteiger partial charge in [0.1, 0.15) is 5.75 Å². The first kappa shape index (κ1) is 16.5. The molecule has 0 spiro atoms. The first-order valence-electron chi connectivity index (χ1n) is 7.99. The minimum Gasteiger partial charge on any atom is -0.494 e. The quantitative estimate of drug-likeness (QED) is 0.848. The highest BCUT2D eigenvalue weighted by molar-refractivity contribution is 7.89. The van der Waals surface area contributed by atoms with Crippen LogP contribution in [-0.2, 0) is 16.4 Å². The monoisotopic (exact) mass is 344 g/mol. The molecule has 0 saturated heterocycles. The third kappa shape index (κ3) is 3.59. The normalized spacial score (nSPS) is 15.8. The van der Waals surface area contributed by atoms with Crippen LogP contribution in [0.25, 0.3) is 0 Å². The molecule has 0 bridgehead atoms. The van der Waals surface area contributed by atoms with Gasteiger partial charge in [0.15, 0.2) is 0 Å². The van der Waals surface area contributed by atoms with Gasteiger partial charge in [0.05, 0.1) is 17.2 Å². The molecular weight excluding hydrogens is 324 g/mol. The van der Waals surface area contributed by atoms with Crippen molar-refractivity contribution in [3.63, 3.8) is 0 Å². The van der Waals surface area contributed by atoms with Crippen LogP contribution >= 0.6 is 0 Å². The number of fused-ring (bicyclic) bond motifs is 1. The zero-order valence-corrected chi connectivity index (χ0v) is 14.3. The van der Waals surface area contributed by atoms with E-state index in [0.29, 0.717) is 12.4 Å². The summed E-state index contributed by atoms with van der Waals surface area (Å²) in [5, 5.41) is 4.18. The third-order valence-electron chi connectivity index (χ3n) is 3.93. The maximum atomic E-state index is 12.4. The maximum absolute atomic E-state index is 12.4. The van der Waals surface area contributed by atoms with Crippen molar-refractivity contribution >= 4 is 15.7 Å². The molecule has 0 unspecified atom stereocenters. The van der Waals surface area contributed by atoms with E-state index in [1.165, 1.54) is 17.7 Å². The van der Waals surface area contributed by atoms with Gasteiger partial charge >= 0.3 is 0 Å². The Hall–Kier alpha value is -2.34. The number of hydrogen-bond acceptors (Lipinski definition) is 4. The minimum atomic E-state index is -3.69. The Morgan fingerprint density at radius 3 is 2.58 bits per heavy atom. The van der Waals surface area contributed by atoms with Crippen molar-refractivity contribution in [3.05, 3.63) is 59.7 Å². The van der Waals surface area contributed by atoms with Gasteiger partial charge in [-0.2, -0.15) is 18.4 Å². The van der Waals surface area contributed by atoms with E-state index in [0.717, 1.165) is 30.5 Å². The molecule has 0 aliphatic heterocycles. The Labute approximate surface area is 142 Å². The summed E-state index contributed by atoms with van der Waals surface area (Å²) in [5.41, 5.74) is 3.02. The molecule has 6 heteroatoms. The van der Waals surface area contributed by atoms with Gasteiger partial charge in [-0.15, -0.1) is 0 Å². The van der Waals surface area contributed by atoms with E-state index in [9.17, 15) is 8.42 Å². The van der Waals surface area contributed by atoms with Crippen molar-refractivity contribution in [3.8, 4) is 5.75 Å². The topological polar surface area (TPSA) is 67.8 Å². The summed E-state index contributed by atoms with van der Waals surface area (Å²) >= 11 is 0. The van der Waals surface area contributed by atoms with Crippen LogP contribution in [0.2, 0.25) is 0 Å². The number of sulfonamides is 1. The highest BCUT2D eigenvalue weighted by Crippen LogP contribution is 2.21. The fourth-order valence-corrected chi connectivity index (χ4v) is 3.60. The van der Waals surface area contributed by atoms with E-state index in [1.807, 2.05) is 25.1 Å². The summed E-state index contributed by atoms with van der Waals surface area (Å²) in [6, 6.07) is 14.3. The van der Waals surface area contributed by atoms with Gasteiger partial charge in [0.2, 0.25) is 0 Å². The molecular formula is C18H20N2O3S. The molecule has 0 atom stereocenters. The second-order valence-electron chi connectivity index (χ2n) is 5.57. The third-order valence-corrected chi connectivity index (χ3v) is 5.16. The van der Waals surface area contributed by atoms with Crippen LogP contribution in [0.4, 0.5) is 0 Å². The van der Waals surface area contributed by atoms with Gasteiger partial charge in [0, 0.05) is 5.56 Å². The standard InChI is InChI=1S/C18H20N2O3S/c1-2-23-15-10-12-16(13-11-15)24(21,22)20-19-18-9-5-7-14-6-3-4-8-17(14)18/h3-4,6,8,10-13,20H,2,5,7,9H2,1H3. The number of benzene rings is 2. The largest absolute Gasteiger partial charge is 0.494 e. The Morgan fingerprint density at radius 2 is 1.83 bits per heavy atom. The maximum Gasteiger partial charge on any atom is 0.276 e. The number of rotatable bonds is 5. The van der Waals surface area contributed by atoms with Crippen LogP contribution in [0.1, 0.15) is 30.9 Å². The minimum absolute atomic E-state index is 0.166. The molecule has 24 heavy (non-hydrogen) atoms. The van der Waals surface area contributed by atoms with Crippen molar-refractivity contribution in [2.24, 2.45) is 5.10 Å². The molecule has 0 amide bonds. The summed E-state index contributed by atoms with van der Waals surface area (Å²) in [6.45, 7) is 2.42. The first-order valence-corrected chi connectivity index (χ1v) is 9.48. The van der Waals surface area contributed by atoms with Gasteiger partial charge in [-0.25, -0.2) is 0 Å². The lowest BCUT2D eigenvalue weighted by Gasteiger charge is -2.17. The van der Waals surface area contributed by atoms with Crippen LogP contribution in [0.3, 0.4) is 0 Å². The molecule has 3 rings (SSSR count). The molecule has 1 aliphatic rings. The second kappa shape index (κ2) is 7.05. The summed E-state index contributed by atoms with van der Waals surface area (Å²) in [6.07, 6.45) is 2.74. The Morgan fingerprint density at radius 1 is 1.08 bits per heavy atom. The lowest BCUT2D eigenvalue weighted by atomic mass is 9.90. The summed E-state index contributed by atoms with van der Waals surface area (Å²) < 4.78 is 30.1. The van der Waals surface area contributed by atoms with E-state index in [4.69, 9.17) is 4.74 Å². The van der Waals surface area contributed by atoms with Crippen molar-refractivity contribution in [1.82, 2.24) is 4.83 Å². The molecule has 0 saturated carbocycles. The Bertz CT molecular complexity index is 843. The number of hydrazone groups is 1. The molecule has 0 aromatic heterocycles. The number of ether oxygens (including phenoxy) is 1. The van der Waals surface area contributed by atoms with Gasteiger partial charge in [-0.05, 0) is 56.0 Å². The highest BCUT2D eigenvalue weighted by Gasteiger charge is 2.17. The van der Waals surface area contributed by atoms with Gasteiger partial charge in [-0.1, -0.05) is 24.3 Å². The molecule has 1 N–H and O–H groups in total. The predicted octanol–water partition coefficient (Wildman–Crippen LogP) is 3.10. The SMILES string of the molecule is CCOc1ccc(S(=O)(=O)NN=C2CCCc3ccccc32)cc1. The fourth-order valence-electron chi connectivity index (χ4n) is 2.77. The summed E-state index contributed by atoms with van der Waals surface area (Å²) in [4.78, 5) is 2.52. The second-order valence-corrected chi connectivity index (χ2v) is 7.23. The van der Waals surface area contributed by atoms with E-state index in [2.05, 4.69) is 16.0 Å². The number of aryl methyl sites for hydroxylation is 1. The molecule has 0 fully saturated rings. The molecule has 2 aromatic carbocycles. The molecule has 1 aliphatic carbocycles. The van der Waals surface area contributed by atoms with Gasteiger partial charge in [0.25, 0.3) is 10.0 Å². The summed E-state index contributed by atoms with van der Waals surface area (Å²) in [7, 11) is -3.69. The Kier molecular flexibility index (Phi) is 4.85. The van der Waals surface area contributed by atoms with Crippen LogP contribution in [0.5, 0.6) is 5.75 Å². The highest BCUT2D eigenvalue weighted by atomic mass is 32.2. The molecule has 2 aromatic rings. The van der Waals surface area contributed by atoms with E-state index in [-0.39, 0.29) is 4.90 Å². The lowest BCUT2D eigenvalue weighted by Crippen LogP contribution is -2.22. The average molecular weight is 344 g/mol. The van der Waals surface area contributed by atoms with Crippen molar-refractivity contribution in [2.45, 2.75) is 31.1 Å². The summed E-state index contributed by atoms with van der Waals surface area (Å²) in [5.74, 6) is 0.643. The fraction of sp³-hybridized carbons (Fsp3) is 0.278. The van der Waals surface area contributed by atoms with Crippen LogP contribution in [-0.4, -0.2) is 20.7 Å².